The van der Waals surface area contributed by atoms with Crippen LogP contribution in [0, 0.1) is 0 Å². The van der Waals surface area contributed by atoms with Crippen LogP contribution in [0.5, 0.6) is 0 Å². The monoisotopic (exact) mass is 244 g/mol. The van der Waals surface area contributed by atoms with Gasteiger partial charge in [0.25, 0.3) is 0 Å². The second-order valence-electron chi connectivity index (χ2n) is 4.99. The predicted octanol–water partition coefficient (Wildman–Crippen LogP) is 2.33. The molecule has 0 heterocycles. The smallest absolute Gasteiger partial charge is 0.186 e. The first kappa shape index (κ1) is 16.3. The van der Waals surface area contributed by atoms with Gasteiger partial charge in [-0.15, -0.1) is 0 Å². The molecule has 0 bridgehead atoms. The van der Waals surface area contributed by atoms with Gasteiger partial charge in [-0.25, -0.2) is 0 Å². The number of carbonyl (C=O) groups is 1. The number of ketones is 1. The van der Waals surface area contributed by atoms with Crippen molar-refractivity contribution in [2.75, 3.05) is 20.5 Å². The molecule has 0 atom stereocenters. The Balaban J connectivity index is 4.05. The van der Waals surface area contributed by atoms with Crippen LogP contribution in [0.2, 0.25) is 0 Å². The van der Waals surface area contributed by atoms with Crippen molar-refractivity contribution >= 4 is 5.78 Å². The Morgan fingerprint density at radius 2 is 1.82 bits per heavy atom. The number of hydrogen-bond donors (Lipinski definition) is 0. The average Bonchev–Trinajstić information content (AvgIpc) is 2.24. The zero-order valence-electron chi connectivity index (χ0n) is 11.5. The number of hydrogen-bond acceptors (Lipinski definition) is 4. The van der Waals surface area contributed by atoms with E-state index in [1.807, 2.05) is 13.8 Å². The van der Waals surface area contributed by atoms with E-state index in [0.717, 1.165) is 0 Å². The molecule has 0 N–H and O–H groups in total. The van der Waals surface area contributed by atoms with E-state index < -0.39 is 5.60 Å². The standard InChI is InChI=1S/C13H24O4/c1-7-11(14)13(4,5)16-9-8-12(2,3)17-10-15-6/h7H,1,8-10H2,2-6H3. The van der Waals surface area contributed by atoms with Gasteiger partial charge in [-0.1, -0.05) is 6.58 Å². The number of ether oxygens (including phenoxy) is 3. The molecule has 0 rings (SSSR count). The molecule has 0 aliphatic heterocycles. The third-order valence-electron chi connectivity index (χ3n) is 2.51. The third kappa shape index (κ3) is 6.56. The normalized spacial score (nSPS) is 12.5. The first-order valence-electron chi connectivity index (χ1n) is 5.69. The zero-order valence-corrected chi connectivity index (χ0v) is 11.5. The quantitative estimate of drug-likeness (QED) is 0.461. The molecule has 0 aromatic heterocycles. The summed E-state index contributed by atoms with van der Waals surface area (Å²) in [6.45, 7) is 11.5. The van der Waals surface area contributed by atoms with Crippen LogP contribution in [-0.2, 0) is 19.0 Å². The fourth-order valence-corrected chi connectivity index (χ4v) is 1.16. The molecule has 0 unspecified atom stereocenters. The number of rotatable bonds is 9. The van der Waals surface area contributed by atoms with E-state index in [0.29, 0.717) is 13.0 Å². The van der Waals surface area contributed by atoms with Crippen LogP contribution in [0.1, 0.15) is 34.1 Å². The van der Waals surface area contributed by atoms with E-state index in [4.69, 9.17) is 14.2 Å². The lowest BCUT2D eigenvalue weighted by molar-refractivity contribution is -0.145. The average molecular weight is 244 g/mol. The molecule has 0 aromatic rings. The molecule has 4 heteroatoms. The van der Waals surface area contributed by atoms with Gasteiger partial charge >= 0.3 is 0 Å². The maximum Gasteiger partial charge on any atom is 0.186 e. The molecule has 0 saturated heterocycles. The zero-order chi connectivity index (χ0) is 13.5. The summed E-state index contributed by atoms with van der Waals surface area (Å²) < 4.78 is 15.9. The van der Waals surface area contributed by atoms with E-state index in [9.17, 15) is 4.79 Å². The summed E-state index contributed by atoms with van der Waals surface area (Å²) in [6, 6.07) is 0. The SMILES string of the molecule is C=CC(=O)C(C)(C)OCCC(C)(C)OCOC. The highest BCUT2D eigenvalue weighted by atomic mass is 16.7. The molecule has 0 aliphatic carbocycles. The number of carbonyl (C=O) groups excluding carboxylic acids is 1. The summed E-state index contributed by atoms with van der Waals surface area (Å²) in [5.74, 6) is -0.117. The number of methoxy groups -OCH3 is 1. The van der Waals surface area contributed by atoms with Crippen molar-refractivity contribution < 1.29 is 19.0 Å². The molecule has 0 saturated carbocycles. The van der Waals surface area contributed by atoms with E-state index >= 15 is 0 Å². The first-order chi connectivity index (χ1) is 7.75. The van der Waals surface area contributed by atoms with Crippen molar-refractivity contribution in [3.8, 4) is 0 Å². The lowest BCUT2D eigenvalue weighted by Gasteiger charge is -2.28. The molecular formula is C13H24O4. The maximum atomic E-state index is 11.5. The summed E-state index contributed by atoms with van der Waals surface area (Å²) in [5.41, 5.74) is -1.15. The van der Waals surface area contributed by atoms with Crippen molar-refractivity contribution in [3.63, 3.8) is 0 Å². The van der Waals surface area contributed by atoms with E-state index in [-0.39, 0.29) is 18.2 Å². The minimum atomic E-state index is -0.820. The summed E-state index contributed by atoms with van der Waals surface area (Å²) >= 11 is 0. The van der Waals surface area contributed by atoms with E-state index in [1.54, 1.807) is 21.0 Å². The molecule has 0 aromatic carbocycles. The van der Waals surface area contributed by atoms with Gasteiger partial charge in [-0.3, -0.25) is 4.79 Å². The molecule has 0 radical (unpaired) electrons. The topological polar surface area (TPSA) is 44.8 Å². The maximum absolute atomic E-state index is 11.5. The lowest BCUT2D eigenvalue weighted by Crippen LogP contribution is -2.36. The Morgan fingerprint density at radius 1 is 1.24 bits per heavy atom. The van der Waals surface area contributed by atoms with E-state index in [2.05, 4.69) is 6.58 Å². The van der Waals surface area contributed by atoms with Gasteiger partial charge in [0.1, 0.15) is 12.4 Å². The Labute approximate surface area is 104 Å². The van der Waals surface area contributed by atoms with Crippen LogP contribution in [-0.4, -0.2) is 37.5 Å². The van der Waals surface area contributed by atoms with Crippen LogP contribution in [0.15, 0.2) is 12.7 Å². The molecule has 100 valence electrons. The van der Waals surface area contributed by atoms with Crippen LogP contribution >= 0.6 is 0 Å². The van der Waals surface area contributed by atoms with Gasteiger partial charge in [0.2, 0.25) is 0 Å². The summed E-state index contributed by atoms with van der Waals surface area (Å²) in [4.78, 5) is 11.5. The van der Waals surface area contributed by atoms with Gasteiger partial charge in [0.05, 0.1) is 12.2 Å². The van der Waals surface area contributed by atoms with E-state index in [1.165, 1.54) is 6.08 Å². The van der Waals surface area contributed by atoms with Crippen molar-refractivity contribution in [1.82, 2.24) is 0 Å². The molecule has 17 heavy (non-hydrogen) atoms. The van der Waals surface area contributed by atoms with Crippen molar-refractivity contribution in [2.24, 2.45) is 0 Å². The van der Waals surface area contributed by atoms with Crippen LogP contribution in [0.3, 0.4) is 0 Å². The van der Waals surface area contributed by atoms with Crippen molar-refractivity contribution in [3.05, 3.63) is 12.7 Å². The van der Waals surface area contributed by atoms with Crippen LogP contribution in [0.4, 0.5) is 0 Å². The largest absolute Gasteiger partial charge is 0.367 e. The molecule has 0 amide bonds. The Bertz CT molecular complexity index is 256. The van der Waals surface area contributed by atoms with Crippen molar-refractivity contribution in [2.45, 2.75) is 45.3 Å². The van der Waals surface area contributed by atoms with Gasteiger partial charge in [0.15, 0.2) is 5.78 Å². The summed E-state index contributed by atoms with van der Waals surface area (Å²) in [7, 11) is 1.58. The fourth-order valence-electron chi connectivity index (χ4n) is 1.16. The van der Waals surface area contributed by atoms with Gasteiger partial charge in [0, 0.05) is 7.11 Å². The van der Waals surface area contributed by atoms with Gasteiger partial charge in [-0.05, 0) is 40.2 Å². The second-order valence-corrected chi connectivity index (χ2v) is 4.99. The summed E-state index contributed by atoms with van der Waals surface area (Å²) in [6.07, 6.45) is 1.97. The minimum Gasteiger partial charge on any atom is -0.367 e. The Hall–Kier alpha value is -0.710. The van der Waals surface area contributed by atoms with Crippen LogP contribution in [0.25, 0.3) is 0 Å². The molecule has 0 aliphatic rings. The second kappa shape index (κ2) is 6.89. The Kier molecular flexibility index (Phi) is 6.60. The summed E-state index contributed by atoms with van der Waals surface area (Å²) in [5, 5.41) is 0. The minimum absolute atomic E-state index is 0.117. The van der Waals surface area contributed by atoms with Gasteiger partial charge < -0.3 is 14.2 Å². The molecular weight excluding hydrogens is 220 g/mol. The molecule has 4 nitrogen and oxygen atoms in total. The predicted molar refractivity (Wildman–Crippen MR) is 66.9 cm³/mol. The fraction of sp³-hybridized carbons (Fsp3) is 0.769. The van der Waals surface area contributed by atoms with Crippen LogP contribution < -0.4 is 0 Å². The van der Waals surface area contributed by atoms with Crippen molar-refractivity contribution in [1.29, 1.82) is 0 Å². The first-order valence-corrected chi connectivity index (χ1v) is 5.69. The highest BCUT2D eigenvalue weighted by Gasteiger charge is 2.27. The highest BCUT2D eigenvalue weighted by molar-refractivity contribution is 5.95. The highest BCUT2D eigenvalue weighted by Crippen LogP contribution is 2.18. The lowest BCUT2D eigenvalue weighted by atomic mass is 10.0. The Morgan fingerprint density at radius 3 is 2.29 bits per heavy atom. The molecule has 0 spiro atoms. The molecule has 0 fully saturated rings. The third-order valence-corrected chi connectivity index (χ3v) is 2.51. The van der Waals surface area contributed by atoms with Gasteiger partial charge in [-0.2, -0.15) is 0 Å².